The first-order chi connectivity index (χ1) is 12.1. The van der Waals surface area contributed by atoms with Crippen molar-refractivity contribution < 1.29 is 9.18 Å². The maximum atomic E-state index is 13.8. The molecule has 1 N–H and O–H groups in total. The number of halogens is 1. The SMILES string of the molecule is Cc1ccnc(SCC(=O)NC[C@@H]2CCN(c3ccccc3F)C2)n1. The molecule has 7 heteroatoms. The van der Waals surface area contributed by atoms with E-state index in [2.05, 4.69) is 15.3 Å². The Morgan fingerprint density at radius 1 is 1.40 bits per heavy atom. The van der Waals surface area contributed by atoms with Gasteiger partial charge in [-0.05, 0) is 37.5 Å². The van der Waals surface area contributed by atoms with Gasteiger partial charge in [-0.3, -0.25) is 4.79 Å². The van der Waals surface area contributed by atoms with Crippen LogP contribution in [0, 0.1) is 18.7 Å². The van der Waals surface area contributed by atoms with E-state index < -0.39 is 0 Å². The molecule has 25 heavy (non-hydrogen) atoms. The molecule has 1 aliphatic rings. The summed E-state index contributed by atoms with van der Waals surface area (Å²) in [4.78, 5) is 22.4. The summed E-state index contributed by atoms with van der Waals surface area (Å²) < 4.78 is 13.8. The summed E-state index contributed by atoms with van der Waals surface area (Å²) in [6.07, 6.45) is 2.64. The molecule has 1 atom stereocenters. The van der Waals surface area contributed by atoms with E-state index in [9.17, 15) is 9.18 Å². The minimum atomic E-state index is -0.193. The molecule has 0 bridgehead atoms. The van der Waals surface area contributed by atoms with Crippen molar-refractivity contribution in [3.63, 3.8) is 0 Å². The smallest absolute Gasteiger partial charge is 0.230 e. The van der Waals surface area contributed by atoms with Gasteiger partial charge in [0.25, 0.3) is 0 Å². The maximum Gasteiger partial charge on any atom is 0.230 e. The van der Waals surface area contributed by atoms with Gasteiger partial charge in [0.05, 0.1) is 11.4 Å². The number of thioether (sulfide) groups is 1. The largest absolute Gasteiger partial charge is 0.369 e. The molecule has 1 fully saturated rings. The van der Waals surface area contributed by atoms with E-state index in [1.54, 1.807) is 18.3 Å². The lowest BCUT2D eigenvalue weighted by Gasteiger charge is -2.19. The van der Waals surface area contributed by atoms with E-state index in [-0.39, 0.29) is 11.7 Å². The highest BCUT2D eigenvalue weighted by Gasteiger charge is 2.24. The zero-order chi connectivity index (χ0) is 17.6. The Bertz CT molecular complexity index is 743. The van der Waals surface area contributed by atoms with Crippen LogP contribution in [-0.4, -0.2) is 41.3 Å². The van der Waals surface area contributed by atoms with Crippen LogP contribution in [-0.2, 0) is 4.79 Å². The molecular weight excluding hydrogens is 339 g/mol. The van der Waals surface area contributed by atoms with Gasteiger partial charge in [-0.2, -0.15) is 0 Å². The van der Waals surface area contributed by atoms with E-state index in [1.165, 1.54) is 17.8 Å². The van der Waals surface area contributed by atoms with Crippen LogP contribution in [0.15, 0.2) is 41.7 Å². The van der Waals surface area contributed by atoms with Crippen molar-refractivity contribution in [3.8, 4) is 0 Å². The van der Waals surface area contributed by atoms with E-state index in [0.717, 1.165) is 25.2 Å². The fourth-order valence-electron chi connectivity index (χ4n) is 2.86. The first-order valence-electron chi connectivity index (χ1n) is 8.30. The minimum Gasteiger partial charge on any atom is -0.369 e. The van der Waals surface area contributed by atoms with Gasteiger partial charge in [-0.25, -0.2) is 14.4 Å². The van der Waals surface area contributed by atoms with Gasteiger partial charge in [-0.1, -0.05) is 23.9 Å². The lowest BCUT2D eigenvalue weighted by Crippen LogP contribution is -2.32. The van der Waals surface area contributed by atoms with Crippen molar-refractivity contribution in [1.29, 1.82) is 0 Å². The molecule has 132 valence electrons. The van der Waals surface area contributed by atoms with Crippen LogP contribution >= 0.6 is 11.8 Å². The molecule has 1 aliphatic heterocycles. The van der Waals surface area contributed by atoms with Crippen molar-refractivity contribution in [2.45, 2.75) is 18.5 Å². The van der Waals surface area contributed by atoms with Crippen molar-refractivity contribution in [1.82, 2.24) is 15.3 Å². The van der Waals surface area contributed by atoms with Crippen LogP contribution in [0.4, 0.5) is 10.1 Å². The first-order valence-corrected chi connectivity index (χ1v) is 9.29. The number of rotatable bonds is 6. The lowest BCUT2D eigenvalue weighted by molar-refractivity contribution is -0.118. The number of carbonyl (C=O) groups excluding carboxylic acids is 1. The number of anilines is 1. The summed E-state index contributed by atoms with van der Waals surface area (Å²) in [6.45, 7) is 4.08. The molecule has 1 saturated heterocycles. The normalized spacial score (nSPS) is 16.9. The topological polar surface area (TPSA) is 58.1 Å². The molecule has 3 rings (SSSR count). The maximum absolute atomic E-state index is 13.8. The highest BCUT2D eigenvalue weighted by Crippen LogP contribution is 2.25. The number of aromatic nitrogens is 2. The minimum absolute atomic E-state index is 0.0283. The highest BCUT2D eigenvalue weighted by atomic mass is 32.2. The van der Waals surface area contributed by atoms with Gasteiger partial charge >= 0.3 is 0 Å². The van der Waals surface area contributed by atoms with Gasteiger partial charge in [0.2, 0.25) is 5.91 Å². The van der Waals surface area contributed by atoms with Crippen LogP contribution in [0.2, 0.25) is 0 Å². The van der Waals surface area contributed by atoms with Crippen LogP contribution < -0.4 is 10.2 Å². The molecule has 0 radical (unpaired) electrons. The van der Waals surface area contributed by atoms with Crippen molar-refractivity contribution >= 4 is 23.4 Å². The van der Waals surface area contributed by atoms with E-state index in [1.807, 2.05) is 24.0 Å². The number of para-hydroxylation sites is 1. The molecular formula is C18H21FN4OS. The predicted octanol–water partition coefficient (Wildman–Crippen LogP) is 2.66. The van der Waals surface area contributed by atoms with Gasteiger partial charge in [0.1, 0.15) is 5.82 Å². The molecule has 0 aliphatic carbocycles. The Kier molecular flexibility index (Phi) is 5.86. The number of hydrogen-bond acceptors (Lipinski definition) is 5. The van der Waals surface area contributed by atoms with E-state index in [0.29, 0.717) is 29.1 Å². The summed E-state index contributed by atoms with van der Waals surface area (Å²) in [5.74, 6) is 0.415. The molecule has 1 aromatic heterocycles. The summed E-state index contributed by atoms with van der Waals surface area (Å²) in [6, 6.07) is 8.65. The third-order valence-electron chi connectivity index (χ3n) is 4.17. The zero-order valence-corrected chi connectivity index (χ0v) is 14.9. The summed E-state index contributed by atoms with van der Waals surface area (Å²) in [5.41, 5.74) is 1.53. The second-order valence-corrected chi connectivity index (χ2v) is 7.07. The number of nitrogens with one attached hydrogen (secondary N) is 1. The number of benzene rings is 1. The van der Waals surface area contributed by atoms with Crippen molar-refractivity contribution in [2.24, 2.45) is 5.92 Å². The number of nitrogens with zero attached hydrogens (tertiary/aromatic N) is 3. The third kappa shape index (κ3) is 4.92. The number of aryl methyl sites for hydroxylation is 1. The van der Waals surface area contributed by atoms with Crippen LogP contribution in [0.3, 0.4) is 0 Å². The lowest BCUT2D eigenvalue weighted by atomic mass is 10.1. The fraction of sp³-hybridized carbons (Fsp3) is 0.389. The highest BCUT2D eigenvalue weighted by molar-refractivity contribution is 7.99. The zero-order valence-electron chi connectivity index (χ0n) is 14.1. The molecule has 2 aromatic rings. The summed E-state index contributed by atoms with van der Waals surface area (Å²) in [5, 5.41) is 3.57. The van der Waals surface area contributed by atoms with Crippen molar-refractivity contribution in [3.05, 3.63) is 48.0 Å². The monoisotopic (exact) mass is 360 g/mol. The molecule has 0 unspecified atom stereocenters. The number of hydrogen-bond donors (Lipinski definition) is 1. The Labute approximate surface area is 151 Å². The molecule has 0 spiro atoms. The Morgan fingerprint density at radius 2 is 2.24 bits per heavy atom. The number of amides is 1. The van der Waals surface area contributed by atoms with E-state index in [4.69, 9.17) is 0 Å². The third-order valence-corrected chi connectivity index (χ3v) is 5.03. The van der Waals surface area contributed by atoms with Crippen molar-refractivity contribution in [2.75, 3.05) is 30.3 Å². The Hall–Kier alpha value is -2.15. The Balaban J connectivity index is 1.42. The second kappa shape index (κ2) is 8.29. The van der Waals surface area contributed by atoms with Gasteiger partial charge < -0.3 is 10.2 Å². The number of carbonyl (C=O) groups is 1. The molecule has 2 heterocycles. The average Bonchev–Trinajstić information content (AvgIpc) is 3.07. The van der Waals surface area contributed by atoms with Gasteiger partial charge in [0.15, 0.2) is 5.16 Å². The molecule has 5 nitrogen and oxygen atoms in total. The van der Waals surface area contributed by atoms with Crippen LogP contribution in [0.5, 0.6) is 0 Å². The quantitative estimate of drug-likeness (QED) is 0.634. The second-order valence-electron chi connectivity index (χ2n) is 6.13. The predicted molar refractivity (Wildman–Crippen MR) is 97.2 cm³/mol. The molecule has 1 aromatic carbocycles. The average molecular weight is 360 g/mol. The first kappa shape index (κ1) is 17.7. The summed E-state index contributed by atoms with van der Waals surface area (Å²) >= 11 is 1.33. The summed E-state index contributed by atoms with van der Waals surface area (Å²) in [7, 11) is 0. The van der Waals surface area contributed by atoms with Gasteiger partial charge in [0, 0.05) is 31.5 Å². The standard InChI is InChI=1S/C18H21FN4OS/c1-13-6-8-20-18(22-13)25-12-17(24)21-10-14-7-9-23(11-14)16-5-3-2-4-15(16)19/h2-6,8,14H,7,9-12H2,1H3,(H,21,24)/t14-/m0/s1. The Morgan fingerprint density at radius 3 is 3.04 bits per heavy atom. The van der Waals surface area contributed by atoms with E-state index >= 15 is 0 Å². The fourth-order valence-corrected chi connectivity index (χ4v) is 3.57. The van der Waals surface area contributed by atoms with Gasteiger partial charge in [-0.15, -0.1) is 0 Å². The van der Waals surface area contributed by atoms with Crippen LogP contribution in [0.1, 0.15) is 12.1 Å². The molecule has 0 saturated carbocycles. The van der Waals surface area contributed by atoms with Crippen LogP contribution in [0.25, 0.3) is 0 Å². The molecule has 1 amide bonds.